The maximum atomic E-state index is 11.8. The number of aromatic amines is 1. The van der Waals surface area contributed by atoms with Gasteiger partial charge in [0.2, 0.25) is 5.43 Å². The van der Waals surface area contributed by atoms with Gasteiger partial charge in [-0.1, -0.05) is 25.5 Å². The van der Waals surface area contributed by atoms with E-state index in [2.05, 4.69) is 10.2 Å². The fourth-order valence-corrected chi connectivity index (χ4v) is 2.56. The van der Waals surface area contributed by atoms with E-state index in [1.807, 2.05) is 6.92 Å². The molecular formula is C16H14N2O4. The van der Waals surface area contributed by atoms with Crippen LogP contribution in [0.5, 0.6) is 11.5 Å². The van der Waals surface area contributed by atoms with Gasteiger partial charge in [0.25, 0.3) is 5.43 Å². The largest absolute Gasteiger partial charge is 0.507 e. The Bertz CT molecular complexity index is 917. The van der Waals surface area contributed by atoms with Crippen LogP contribution in [0, 0.1) is 0 Å². The van der Waals surface area contributed by atoms with Gasteiger partial charge in [0.15, 0.2) is 5.75 Å². The van der Waals surface area contributed by atoms with Gasteiger partial charge in [0.1, 0.15) is 5.75 Å². The first kappa shape index (κ1) is 14.1. The fourth-order valence-electron chi connectivity index (χ4n) is 2.56. The van der Waals surface area contributed by atoms with Crippen molar-refractivity contribution < 1.29 is 10.2 Å². The molecule has 0 aliphatic rings. The number of aryl methyl sites for hydroxylation is 1. The molecule has 0 saturated heterocycles. The molecule has 6 heteroatoms. The molecule has 0 aliphatic carbocycles. The zero-order valence-electron chi connectivity index (χ0n) is 11.9. The van der Waals surface area contributed by atoms with Crippen molar-refractivity contribution in [3.63, 3.8) is 0 Å². The van der Waals surface area contributed by atoms with Crippen LogP contribution in [0.4, 0.5) is 0 Å². The van der Waals surface area contributed by atoms with Crippen LogP contribution < -0.4 is 10.9 Å². The number of aromatic nitrogens is 2. The minimum absolute atomic E-state index is 0.0219. The Balaban J connectivity index is 2.28. The Labute approximate surface area is 125 Å². The van der Waals surface area contributed by atoms with Gasteiger partial charge in [-0.05, 0) is 18.6 Å². The van der Waals surface area contributed by atoms with E-state index in [0.717, 1.165) is 6.42 Å². The second kappa shape index (κ2) is 5.14. The van der Waals surface area contributed by atoms with Gasteiger partial charge in [-0.2, -0.15) is 5.10 Å². The maximum absolute atomic E-state index is 11.8. The van der Waals surface area contributed by atoms with Crippen LogP contribution in [-0.2, 0) is 6.42 Å². The van der Waals surface area contributed by atoms with Crippen LogP contribution in [-0.4, -0.2) is 20.4 Å². The maximum Gasteiger partial charge on any atom is 0.268 e. The highest BCUT2D eigenvalue weighted by atomic mass is 16.3. The molecule has 0 unspecified atom stereocenters. The summed E-state index contributed by atoms with van der Waals surface area (Å²) in [5, 5.41) is 26.7. The van der Waals surface area contributed by atoms with Crippen molar-refractivity contribution in [1.29, 1.82) is 0 Å². The molecule has 1 heterocycles. The number of phenols is 1. The van der Waals surface area contributed by atoms with Gasteiger partial charge in [-0.25, -0.2) is 0 Å². The molecule has 0 bridgehead atoms. The van der Waals surface area contributed by atoms with Crippen LogP contribution in [0.1, 0.15) is 19.0 Å². The molecule has 0 spiro atoms. The minimum Gasteiger partial charge on any atom is -0.507 e. The highest BCUT2D eigenvalue weighted by Gasteiger charge is 2.29. The number of hydrogen-bond acceptors (Lipinski definition) is 5. The van der Waals surface area contributed by atoms with Gasteiger partial charge in [0.05, 0.1) is 17.0 Å². The van der Waals surface area contributed by atoms with Gasteiger partial charge in [-0.3, -0.25) is 14.7 Å². The summed E-state index contributed by atoms with van der Waals surface area (Å²) in [6, 6.07) is 6.60. The lowest BCUT2D eigenvalue weighted by Crippen LogP contribution is -2.32. The number of nitrogens with zero attached hydrogens (tertiary/aromatic N) is 1. The van der Waals surface area contributed by atoms with E-state index in [-0.39, 0.29) is 11.3 Å². The molecule has 1 aromatic heterocycles. The zero-order chi connectivity index (χ0) is 15.9. The number of aromatic hydroxyl groups is 2. The van der Waals surface area contributed by atoms with E-state index < -0.39 is 16.6 Å². The number of para-hydroxylation sites is 1. The standard InChI is InChI=1S/C16H14N2O4/c1-2-5-9-11(12-14(20)16(22)15(12)21)13(18-17-9)8-6-3-4-7-10(8)19/h3-4,6-7,19-20H,2,5H2,1H3,(H,17,18). The number of benzene rings is 1. The molecule has 2 aromatic carbocycles. The molecule has 112 valence electrons. The monoisotopic (exact) mass is 298 g/mol. The fraction of sp³-hybridized carbons (Fsp3) is 0.188. The summed E-state index contributed by atoms with van der Waals surface area (Å²) in [7, 11) is 0. The molecule has 3 aromatic rings. The van der Waals surface area contributed by atoms with Gasteiger partial charge in [-0.15, -0.1) is 0 Å². The quantitative estimate of drug-likeness (QED) is 0.636. The second-order valence-corrected chi connectivity index (χ2v) is 5.07. The Hall–Kier alpha value is -2.89. The van der Waals surface area contributed by atoms with Crippen molar-refractivity contribution in [2.45, 2.75) is 19.8 Å². The van der Waals surface area contributed by atoms with Crippen LogP contribution in [0.15, 0.2) is 33.9 Å². The summed E-state index contributed by atoms with van der Waals surface area (Å²) >= 11 is 0. The van der Waals surface area contributed by atoms with E-state index >= 15 is 0 Å². The number of phenolic OH excluding ortho intramolecular Hbond substituents is 1. The number of rotatable bonds is 4. The van der Waals surface area contributed by atoms with E-state index in [1.165, 1.54) is 6.07 Å². The molecule has 0 fully saturated rings. The van der Waals surface area contributed by atoms with Crippen molar-refractivity contribution in [2.24, 2.45) is 0 Å². The SMILES string of the molecule is CCCc1n[nH]c(-c2ccccc2O)c1-c1c(O)c(=O)c1=O. The van der Waals surface area contributed by atoms with Crippen LogP contribution in [0.2, 0.25) is 0 Å². The summed E-state index contributed by atoms with van der Waals surface area (Å²) in [5.74, 6) is -0.519. The van der Waals surface area contributed by atoms with Gasteiger partial charge >= 0.3 is 0 Å². The minimum atomic E-state index is -0.887. The Kier molecular flexibility index (Phi) is 3.29. The van der Waals surface area contributed by atoms with Gasteiger partial charge in [0, 0.05) is 11.1 Å². The van der Waals surface area contributed by atoms with Crippen molar-refractivity contribution in [2.75, 3.05) is 0 Å². The molecule has 22 heavy (non-hydrogen) atoms. The van der Waals surface area contributed by atoms with Crippen molar-refractivity contribution in [3.8, 4) is 33.9 Å². The summed E-state index contributed by atoms with van der Waals surface area (Å²) in [4.78, 5) is 23.1. The summed E-state index contributed by atoms with van der Waals surface area (Å²) in [6.07, 6.45) is 1.37. The third-order valence-corrected chi connectivity index (χ3v) is 3.64. The Morgan fingerprint density at radius 3 is 2.45 bits per heavy atom. The number of H-pyrrole nitrogens is 1. The smallest absolute Gasteiger partial charge is 0.268 e. The van der Waals surface area contributed by atoms with Gasteiger partial charge < -0.3 is 10.2 Å². The van der Waals surface area contributed by atoms with Crippen molar-refractivity contribution in [3.05, 3.63) is 50.4 Å². The normalized spacial score (nSPS) is 11.1. The Morgan fingerprint density at radius 2 is 1.82 bits per heavy atom. The third kappa shape index (κ3) is 1.92. The summed E-state index contributed by atoms with van der Waals surface area (Å²) in [5.41, 5.74) is 0.215. The number of hydrogen-bond donors (Lipinski definition) is 3. The first-order chi connectivity index (χ1) is 10.6. The molecule has 3 N–H and O–H groups in total. The molecule has 0 amide bonds. The Morgan fingerprint density at radius 1 is 1.09 bits per heavy atom. The molecule has 6 nitrogen and oxygen atoms in total. The highest BCUT2D eigenvalue weighted by Crippen LogP contribution is 2.39. The van der Waals surface area contributed by atoms with E-state index in [9.17, 15) is 19.8 Å². The first-order valence-corrected chi connectivity index (χ1v) is 6.94. The average Bonchev–Trinajstić information content (AvgIpc) is 2.91. The van der Waals surface area contributed by atoms with Crippen molar-refractivity contribution in [1.82, 2.24) is 10.2 Å². The second-order valence-electron chi connectivity index (χ2n) is 5.07. The average molecular weight is 298 g/mol. The van der Waals surface area contributed by atoms with Crippen LogP contribution in [0.3, 0.4) is 0 Å². The van der Waals surface area contributed by atoms with Crippen LogP contribution >= 0.6 is 0 Å². The lowest BCUT2D eigenvalue weighted by molar-refractivity contribution is 0.465. The van der Waals surface area contributed by atoms with E-state index in [0.29, 0.717) is 28.9 Å². The first-order valence-electron chi connectivity index (χ1n) is 6.94. The van der Waals surface area contributed by atoms with E-state index in [4.69, 9.17) is 0 Å². The molecule has 0 radical (unpaired) electrons. The zero-order valence-corrected chi connectivity index (χ0v) is 11.9. The summed E-state index contributed by atoms with van der Waals surface area (Å²) in [6.45, 7) is 1.96. The predicted octanol–water partition coefficient (Wildman–Crippen LogP) is 1.70. The lowest BCUT2D eigenvalue weighted by atomic mass is 9.93. The van der Waals surface area contributed by atoms with E-state index in [1.54, 1.807) is 18.2 Å². The lowest BCUT2D eigenvalue weighted by Gasteiger charge is -2.10. The third-order valence-electron chi connectivity index (χ3n) is 3.64. The highest BCUT2D eigenvalue weighted by molar-refractivity contribution is 5.88. The molecule has 0 atom stereocenters. The molecule has 0 saturated carbocycles. The number of nitrogens with one attached hydrogen (secondary N) is 1. The topological polar surface area (TPSA) is 103 Å². The van der Waals surface area contributed by atoms with Crippen LogP contribution in [0.25, 0.3) is 22.4 Å². The summed E-state index contributed by atoms with van der Waals surface area (Å²) < 4.78 is 0. The van der Waals surface area contributed by atoms with Crippen molar-refractivity contribution >= 4 is 0 Å². The molecule has 0 aliphatic heterocycles. The molecular weight excluding hydrogens is 284 g/mol. The molecule has 3 rings (SSSR count). The predicted molar refractivity (Wildman–Crippen MR) is 81.7 cm³/mol.